The number of hydrogen-bond acceptors (Lipinski definition) is 5. The maximum Gasteiger partial charge on any atom is 0.313 e. The summed E-state index contributed by atoms with van der Waals surface area (Å²) in [6.07, 6.45) is 0.612. The SMILES string of the molecule is CC[C@@H](C(=O)OCC(=O)Nc1nc2c(C)cc(C)cc2s1)c1ccccc1. The second-order valence-electron chi connectivity index (χ2n) is 6.47. The first-order valence-electron chi connectivity index (χ1n) is 8.87. The quantitative estimate of drug-likeness (QED) is 0.633. The molecule has 3 aromatic rings. The minimum absolute atomic E-state index is 0.323. The van der Waals surface area contributed by atoms with Crippen molar-refractivity contribution in [3.05, 3.63) is 59.2 Å². The molecule has 1 aromatic heterocycles. The Morgan fingerprint density at radius 1 is 1.19 bits per heavy atom. The van der Waals surface area contributed by atoms with Crippen LogP contribution in [0.25, 0.3) is 10.2 Å². The number of aryl methyl sites for hydroxylation is 2. The molecule has 1 amide bonds. The third kappa shape index (κ3) is 4.52. The highest BCUT2D eigenvalue weighted by Crippen LogP contribution is 2.29. The zero-order chi connectivity index (χ0) is 19.4. The number of carbonyl (C=O) groups excluding carboxylic acids is 2. The first-order chi connectivity index (χ1) is 13.0. The van der Waals surface area contributed by atoms with Crippen LogP contribution < -0.4 is 5.32 Å². The average Bonchev–Trinajstić information content (AvgIpc) is 3.04. The lowest BCUT2D eigenvalue weighted by Gasteiger charge is -2.14. The standard InChI is InChI=1S/C21H22N2O3S/c1-4-16(15-8-6-5-7-9-15)20(25)26-12-18(24)22-21-23-19-14(3)10-13(2)11-17(19)27-21/h5-11,16H,4,12H2,1-3H3,(H,22,23,24)/t16-/m1/s1. The molecule has 0 radical (unpaired) electrons. The Kier molecular flexibility index (Phi) is 5.86. The third-order valence-electron chi connectivity index (χ3n) is 4.32. The summed E-state index contributed by atoms with van der Waals surface area (Å²) in [6, 6.07) is 13.5. The van der Waals surface area contributed by atoms with Crippen LogP contribution in [-0.4, -0.2) is 23.5 Å². The zero-order valence-electron chi connectivity index (χ0n) is 15.6. The van der Waals surface area contributed by atoms with E-state index < -0.39 is 5.97 Å². The molecule has 140 valence electrons. The number of thiazole rings is 1. The minimum Gasteiger partial charge on any atom is -0.455 e. The van der Waals surface area contributed by atoms with Crippen molar-refractivity contribution in [2.75, 3.05) is 11.9 Å². The number of carbonyl (C=O) groups is 2. The van der Waals surface area contributed by atoms with Crippen molar-refractivity contribution < 1.29 is 14.3 Å². The maximum atomic E-state index is 12.3. The van der Waals surface area contributed by atoms with Crippen LogP contribution in [-0.2, 0) is 14.3 Å². The summed E-state index contributed by atoms with van der Waals surface area (Å²) in [7, 11) is 0. The number of ether oxygens (including phenoxy) is 1. The lowest BCUT2D eigenvalue weighted by atomic mass is 9.97. The van der Waals surface area contributed by atoms with Crippen molar-refractivity contribution >= 4 is 38.6 Å². The number of nitrogens with zero attached hydrogens (tertiary/aromatic N) is 1. The van der Waals surface area contributed by atoms with E-state index in [1.54, 1.807) is 0 Å². The van der Waals surface area contributed by atoms with E-state index in [9.17, 15) is 9.59 Å². The van der Waals surface area contributed by atoms with E-state index in [2.05, 4.69) is 16.4 Å². The molecule has 27 heavy (non-hydrogen) atoms. The number of hydrogen-bond donors (Lipinski definition) is 1. The van der Waals surface area contributed by atoms with Gasteiger partial charge in [0, 0.05) is 0 Å². The number of benzene rings is 2. The van der Waals surface area contributed by atoms with E-state index in [-0.39, 0.29) is 18.4 Å². The second kappa shape index (κ2) is 8.31. The van der Waals surface area contributed by atoms with Gasteiger partial charge in [0.1, 0.15) is 0 Å². The minimum atomic E-state index is -0.394. The van der Waals surface area contributed by atoms with Gasteiger partial charge in [0.05, 0.1) is 16.1 Å². The highest BCUT2D eigenvalue weighted by atomic mass is 32.1. The lowest BCUT2D eigenvalue weighted by molar-refractivity contribution is -0.149. The molecule has 1 atom stereocenters. The van der Waals surface area contributed by atoms with Crippen molar-refractivity contribution in [1.82, 2.24) is 4.98 Å². The Hall–Kier alpha value is -2.73. The summed E-state index contributed by atoms with van der Waals surface area (Å²) in [6.45, 7) is 5.62. The number of aromatic nitrogens is 1. The number of anilines is 1. The van der Waals surface area contributed by atoms with Gasteiger partial charge in [0.25, 0.3) is 5.91 Å². The van der Waals surface area contributed by atoms with Gasteiger partial charge in [-0.2, -0.15) is 0 Å². The fraction of sp³-hybridized carbons (Fsp3) is 0.286. The first kappa shape index (κ1) is 19.0. The zero-order valence-corrected chi connectivity index (χ0v) is 16.4. The molecule has 0 bridgehead atoms. The van der Waals surface area contributed by atoms with Crippen LogP contribution in [0.1, 0.15) is 36.0 Å². The number of esters is 1. The molecule has 0 saturated carbocycles. The van der Waals surface area contributed by atoms with Gasteiger partial charge in [-0.1, -0.05) is 54.7 Å². The van der Waals surface area contributed by atoms with E-state index in [0.717, 1.165) is 26.9 Å². The maximum absolute atomic E-state index is 12.3. The predicted octanol–water partition coefficient (Wildman–Crippen LogP) is 4.59. The first-order valence-corrected chi connectivity index (χ1v) is 9.68. The molecule has 0 unspecified atom stereocenters. The molecule has 2 aromatic carbocycles. The van der Waals surface area contributed by atoms with Crippen molar-refractivity contribution in [2.45, 2.75) is 33.1 Å². The van der Waals surface area contributed by atoms with Crippen LogP contribution in [0.4, 0.5) is 5.13 Å². The highest BCUT2D eigenvalue weighted by molar-refractivity contribution is 7.22. The molecule has 5 nitrogen and oxygen atoms in total. The fourth-order valence-electron chi connectivity index (χ4n) is 3.04. The summed E-state index contributed by atoms with van der Waals surface area (Å²) in [5.41, 5.74) is 4.00. The summed E-state index contributed by atoms with van der Waals surface area (Å²) in [5.74, 6) is -1.15. The Morgan fingerprint density at radius 3 is 2.63 bits per heavy atom. The Bertz CT molecular complexity index is 966. The van der Waals surface area contributed by atoms with Crippen molar-refractivity contribution in [3.63, 3.8) is 0 Å². The summed E-state index contributed by atoms with van der Waals surface area (Å²) < 4.78 is 6.25. The topological polar surface area (TPSA) is 68.3 Å². The number of rotatable bonds is 6. The number of nitrogens with one attached hydrogen (secondary N) is 1. The van der Waals surface area contributed by atoms with Gasteiger partial charge >= 0.3 is 5.97 Å². The van der Waals surface area contributed by atoms with E-state index in [1.807, 2.05) is 57.2 Å². The predicted molar refractivity (Wildman–Crippen MR) is 108 cm³/mol. The Labute approximate surface area is 162 Å². The molecule has 0 aliphatic carbocycles. The summed E-state index contributed by atoms with van der Waals surface area (Å²) in [4.78, 5) is 29.0. The van der Waals surface area contributed by atoms with Gasteiger partial charge in [0.2, 0.25) is 0 Å². The molecular formula is C21H22N2O3S. The molecule has 0 saturated heterocycles. The van der Waals surface area contributed by atoms with Crippen LogP contribution in [0.15, 0.2) is 42.5 Å². The largest absolute Gasteiger partial charge is 0.455 e. The molecule has 1 heterocycles. The van der Waals surface area contributed by atoms with Crippen LogP contribution in [0.2, 0.25) is 0 Å². The van der Waals surface area contributed by atoms with E-state index >= 15 is 0 Å². The molecule has 0 aliphatic heterocycles. The smallest absolute Gasteiger partial charge is 0.313 e. The van der Waals surface area contributed by atoms with Crippen LogP contribution in [0.5, 0.6) is 0 Å². The number of amides is 1. The summed E-state index contributed by atoms with van der Waals surface area (Å²) >= 11 is 1.41. The third-order valence-corrected chi connectivity index (χ3v) is 5.23. The molecule has 0 fully saturated rings. The average molecular weight is 382 g/mol. The Balaban J connectivity index is 1.61. The van der Waals surface area contributed by atoms with Crippen LogP contribution >= 0.6 is 11.3 Å². The van der Waals surface area contributed by atoms with Gasteiger partial charge < -0.3 is 4.74 Å². The fourth-order valence-corrected chi connectivity index (χ4v) is 4.10. The van der Waals surface area contributed by atoms with Crippen LogP contribution in [0.3, 0.4) is 0 Å². The number of fused-ring (bicyclic) bond motifs is 1. The van der Waals surface area contributed by atoms with E-state index in [0.29, 0.717) is 11.6 Å². The van der Waals surface area contributed by atoms with Crippen LogP contribution in [0, 0.1) is 13.8 Å². The van der Waals surface area contributed by atoms with Gasteiger partial charge in [-0.05, 0) is 43.0 Å². The van der Waals surface area contributed by atoms with E-state index in [4.69, 9.17) is 4.74 Å². The molecule has 3 rings (SSSR count). The van der Waals surface area contributed by atoms with Gasteiger partial charge in [-0.25, -0.2) is 4.98 Å². The molecule has 0 aliphatic rings. The normalized spacial score (nSPS) is 12.0. The lowest BCUT2D eigenvalue weighted by Crippen LogP contribution is -2.23. The molecular weight excluding hydrogens is 360 g/mol. The molecule has 6 heteroatoms. The van der Waals surface area contributed by atoms with Crippen molar-refractivity contribution in [1.29, 1.82) is 0 Å². The van der Waals surface area contributed by atoms with Crippen molar-refractivity contribution in [2.24, 2.45) is 0 Å². The van der Waals surface area contributed by atoms with E-state index in [1.165, 1.54) is 11.3 Å². The summed E-state index contributed by atoms with van der Waals surface area (Å²) in [5, 5.41) is 3.23. The van der Waals surface area contributed by atoms with Gasteiger partial charge in [-0.3, -0.25) is 14.9 Å². The highest BCUT2D eigenvalue weighted by Gasteiger charge is 2.21. The second-order valence-corrected chi connectivity index (χ2v) is 7.51. The monoisotopic (exact) mass is 382 g/mol. The Morgan fingerprint density at radius 2 is 1.93 bits per heavy atom. The van der Waals surface area contributed by atoms with Gasteiger partial charge in [-0.15, -0.1) is 0 Å². The van der Waals surface area contributed by atoms with Crippen molar-refractivity contribution in [3.8, 4) is 0 Å². The molecule has 0 spiro atoms. The molecule has 1 N–H and O–H groups in total. The van der Waals surface area contributed by atoms with Gasteiger partial charge in [0.15, 0.2) is 11.7 Å².